The van der Waals surface area contributed by atoms with Crippen LogP contribution in [0.3, 0.4) is 0 Å². The number of hydrogen-bond acceptors (Lipinski definition) is 2. The van der Waals surface area contributed by atoms with Crippen molar-refractivity contribution in [3.05, 3.63) is 35.9 Å². The standard InChI is InChI=1S/C15H23NO2/c1-4-12(3)16-15(5-2,14(17)18)11-13-9-7-6-8-10-13/h6-10,12,16H,4-5,11H2,1-3H3,(H,17,18). The Morgan fingerprint density at radius 2 is 1.94 bits per heavy atom. The van der Waals surface area contributed by atoms with E-state index in [1.54, 1.807) is 0 Å². The second kappa shape index (κ2) is 6.55. The summed E-state index contributed by atoms with van der Waals surface area (Å²) in [6.07, 6.45) is 2.01. The molecular formula is C15H23NO2. The van der Waals surface area contributed by atoms with Crippen LogP contribution in [0.15, 0.2) is 30.3 Å². The van der Waals surface area contributed by atoms with Crippen molar-refractivity contribution in [2.45, 2.75) is 51.6 Å². The lowest BCUT2D eigenvalue weighted by Crippen LogP contribution is -2.56. The molecule has 0 aliphatic rings. The van der Waals surface area contributed by atoms with Crippen LogP contribution in [0.1, 0.15) is 39.2 Å². The van der Waals surface area contributed by atoms with Crippen molar-refractivity contribution in [2.75, 3.05) is 0 Å². The highest BCUT2D eigenvalue weighted by Crippen LogP contribution is 2.19. The first-order valence-electron chi connectivity index (χ1n) is 6.59. The summed E-state index contributed by atoms with van der Waals surface area (Å²) in [4.78, 5) is 11.6. The number of carboxylic acids is 1. The average Bonchev–Trinajstić information content (AvgIpc) is 2.38. The van der Waals surface area contributed by atoms with Crippen molar-refractivity contribution < 1.29 is 9.90 Å². The Hall–Kier alpha value is -1.35. The Bertz CT molecular complexity index is 377. The fourth-order valence-electron chi connectivity index (χ4n) is 2.08. The molecule has 3 heteroatoms. The van der Waals surface area contributed by atoms with Crippen LogP contribution < -0.4 is 5.32 Å². The summed E-state index contributed by atoms with van der Waals surface area (Å²) in [5, 5.41) is 12.8. The van der Waals surface area contributed by atoms with E-state index in [0.29, 0.717) is 12.8 Å². The Balaban J connectivity index is 2.93. The minimum atomic E-state index is -0.864. The van der Waals surface area contributed by atoms with Gasteiger partial charge in [-0.2, -0.15) is 0 Å². The van der Waals surface area contributed by atoms with Crippen molar-refractivity contribution in [3.63, 3.8) is 0 Å². The van der Waals surface area contributed by atoms with Crippen LogP contribution >= 0.6 is 0 Å². The van der Waals surface area contributed by atoms with Gasteiger partial charge < -0.3 is 5.11 Å². The SMILES string of the molecule is CCC(C)NC(CC)(Cc1ccccc1)C(=O)O. The first-order chi connectivity index (χ1) is 8.54. The van der Waals surface area contributed by atoms with Crippen molar-refractivity contribution in [3.8, 4) is 0 Å². The summed E-state index contributed by atoms with van der Waals surface area (Å²) in [5.74, 6) is -0.769. The van der Waals surface area contributed by atoms with Gasteiger partial charge in [0.05, 0.1) is 0 Å². The number of carbonyl (C=O) groups is 1. The van der Waals surface area contributed by atoms with Gasteiger partial charge in [0.25, 0.3) is 0 Å². The minimum absolute atomic E-state index is 0.199. The third-order valence-corrected chi connectivity index (χ3v) is 3.50. The predicted molar refractivity (Wildman–Crippen MR) is 73.7 cm³/mol. The second-order valence-electron chi connectivity index (χ2n) is 4.86. The highest BCUT2D eigenvalue weighted by molar-refractivity contribution is 5.79. The third-order valence-electron chi connectivity index (χ3n) is 3.50. The van der Waals surface area contributed by atoms with Crippen molar-refractivity contribution in [2.24, 2.45) is 0 Å². The van der Waals surface area contributed by atoms with E-state index in [4.69, 9.17) is 0 Å². The lowest BCUT2D eigenvalue weighted by Gasteiger charge is -2.32. The number of benzene rings is 1. The van der Waals surface area contributed by atoms with Gasteiger partial charge in [-0.15, -0.1) is 0 Å². The zero-order valence-electron chi connectivity index (χ0n) is 11.4. The molecule has 3 nitrogen and oxygen atoms in total. The fraction of sp³-hybridized carbons (Fsp3) is 0.533. The lowest BCUT2D eigenvalue weighted by molar-refractivity contribution is -0.145. The van der Waals surface area contributed by atoms with E-state index >= 15 is 0 Å². The van der Waals surface area contributed by atoms with E-state index in [9.17, 15) is 9.90 Å². The van der Waals surface area contributed by atoms with Crippen LogP contribution in [0.4, 0.5) is 0 Å². The van der Waals surface area contributed by atoms with Crippen LogP contribution in [0.5, 0.6) is 0 Å². The van der Waals surface area contributed by atoms with Gasteiger partial charge in [-0.05, 0) is 25.3 Å². The Morgan fingerprint density at radius 1 is 1.33 bits per heavy atom. The van der Waals surface area contributed by atoms with E-state index in [1.165, 1.54) is 0 Å². The van der Waals surface area contributed by atoms with Crippen LogP contribution in [0, 0.1) is 0 Å². The van der Waals surface area contributed by atoms with E-state index in [1.807, 2.05) is 44.2 Å². The first-order valence-corrected chi connectivity index (χ1v) is 6.59. The second-order valence-corrected chi connectivity index (χ2v) is 4.86. The molecular weight excluding hydrogens is 226 g/mol. The molecule has 0 bridgehead atoms. The molecule has 0 spiro atoms. The van der Waals surface area contributed by atoms with Crippen molar-refractivity contribution in [1.82, 2.24) is 5.32 Å². The summed E-state index contributed by atoms with van der Waals surface area (Å²) >= 11 is 0. The number of aliphatic carboxylic acids is 1. The zero-order valence-corrected chi connectivity index (χ0v) is 11.4. The maximum atomic E-state index is 11.6. The van der Waals surface area contributed by atoms with E-state index in [-0.39, 0.29) is 6.04 Å². The monoisotopic (exact) mass is 249 g/mol. The van der Waals surface area contributed by atoms with Crippen LogP contribution in [0.25, 0.3) is 0 Å². The van der Waals surface area contributed by atoms with Gasteiger partial charge in [0.2, 0.25) is 0 Å². The molecule has 2 N–H and O–H groups in total. The summed E-state index contributed by atoms with van der Waals surface area (Å²) in [6, 6.07) is 9.99. The summed E-state index contributed by atoms with van der Waals surface area (Å²) in [7, 11) is 0. The molecule has 0 aromatic heterocycles. The highest BCUT2D eigenvalue weighted by atomic mass is 16.4. The van der Waals surface area contributed by atoms with Gasteiger partial charge in [0.15, 0.2) is 0 Å². The van der Waals surface area contributed by atoms with E-state index in [0.717, 1.165) is 12.0 Å². The molecule has 1 aromatic carbocycles. The lowest BCUT2D eigenvalue weighted by atomic mass is 9.87. The number of hydrogen-bond donors (Lipinski definition) is 2. The number of nitrogens with one attached hydrogen (secondary N) is 1. The van der Waals surface area contributed by atoms with Gasteiger partial charge in [0.1, 0.15) is 5.54 Å². The molecule has 1 aromatic rings. The Kier molecular flexibility index (Phi) is 5.35. The molecule has 0 saturated carbocycles. The molecule has 0 heterocycles. The molecule has 0 radical (unpaired) electrons. The predicted octanol–water partition coefficient (Wildman–Crippen LogP) is 2.85. The molecule has 1 rings (SSSR count). The van der Waals surface area contributed by atoms with E-state index < -0.39 is 11.5 Å². The molecule has 18 heavy (non-hydrogen) atoms. The minimum Gasteiger partial charge on any atom is -0.480 e. The molecule has 0 aliphatic heterocycles. The maximum absolute atomic E-state index is 11.6. The van der Waals surface area contributed by atoms with Crippen LogP contribution in [-0.4, -0.2) is 22.7 Å². The quantitative estimate of drug-likeness (QED) is 0.781. The molecule has 0 saturated heterocycles. The molecule has 100 valence electrons. The van der Waals surface area contributed by atoms with Gasteiger partial charge in [0, 0.05) is 12.5 Å². The summed E-state index contributed by atoms with van der Waals surface area (Å²) < 4.78 is 0. The summed E-state index contributed by atoms with van der Waals surface area (Å²) in [5.41, 5.74) is 0.189. The van der Waals surface area contributed by atoms with Crippen molar-refractivity contribution >= 4 is 5.97 Å². The maximum Gasteiger partial charge on any atom is 0.324 e. The van der Waals surface area contributed by atoms with Crippen LogP contribution in [-0.2, 0) is 11.2 Å². The largest absolute Gasteiger partial charge is 0.480 e. The molecule has 0 amide bonds. The zero-order chi connectivity index (χ0) is 13.6. The smallest absolute Gasteiger partial charge is 0.324 e. The van der Waals surface area contributed by atoms with Crippen LogP contribution in [0.2, 0.25) is 0 Å². The molecule has 2 atom stereocenters. The summed E-state index contributed by atoms with van der Waals surface area (Å²) in [6.45, 7) is 6.01. The van der Waals surface area contributed by atoms with Gasteiger partial charge >= 0.3 is 5.97 Å². The fourth-order valence-corrected chi connectivity index (χ4v) is 2.08. The highest BCUT2D eigenvalue weighted by Gasteiger charge is 2.37. The average molecular weight is 249 g/mol. The van der Waals surface area contributed by atoms with Crippen molar-refractivity contribution in [1.29, 1.82) is 0 Å². The molecule has 0 aliphatic carbocycles. The van der Waals surface area contributed by atoms with E-state index in [2.05, 4.69) is 12.2 Å². The third kappa shape index (κ3) is 3.57. The van der Waals surface area contributed by atoms with Gasteiger partial charge in [-0.3, -0.25) is 10.1 Å². The van der Waals surface area contributed by atoms with Gasteiger partial charge in [-0.1, -0.05) is 44.2 Å². The number of carboxylic acid groups (broad SMARTS) is 1. The Labute approximate surface area is 109 Å². The molecule has 0 fully saturated rings. The molecule has 2 unspecified atom stereocenters. The first kappa shape index (κ1) is 14.7. The topological polar surface area (TPSA) is 49.3 Å². The Morgan fingerprint density at radius 3 is 2.39 bits per heavy atom. The normalized spacial score (nSPS) is 15.9. The van der Waals surface area contributed by atoms with Gasteiger partial charge in [-0.25, -0.2) is 0 Å². The number of rotatable bonds is 7.